The molecule has 4 rings (SSSR count). The van der Waals surface area contributed by atoms with Crippen LogP contribution < -0.4 is 5.32 Å². The number of aromatic amines is 1. The van der Waals surface area contributed by atoms with Gasteiger partial charge in [-0.15, -0.1) is 0 Å². The average molecular weight is 326 g/mol. The number of carbonyl (C=O) groups excluding carboxylic acids is 1. The second kappa shape index (κ2) is 6.83. The molecule has 0 radical (unpaired) electrons. The van der Waals surface area contributed by atoms with Gasteiger partial charge in [0.1, 0.15) is 5.82 Å². The molecule has 24 heavy (non-hydrogen) atoms. The number of hydrogen-bond donors (Lipinski definition) is 2. The third kappa shape index (κ3) is 3.25. The molecule has 2 heterocycles. The zero-order valence-corrected chi connectivity index (χ0v) is 14.1. The molecular formula is C19H26N4O. The lowest BCUT2D eigenvalue weighted by molar-refractivity contribution is 0.172. The fourth-order valence-electron chi connectivity index (χ4n) is 4.06. The Balaban J connectivity index is 1.42. The Morgan fingerprint density at radius 1 is 1.12 bits per heavy atom. The number of imidazole rings is 1. The molecule has 2 N–H and O–H groups in total. The van der Waals surface area contributed by atoms with Gasteiger partial charge in [0.05, 0.1) is 11.0 Å². The number of urea groups is 1. The Morgan fingerprint density at radius 3 is 2.79 bits per heavy atom. The summed E-state index contributed by atoms with van der Waals surface area (Å²) >= 11 is 0. The molecule has 1 aromatic heterocycles. The first-order valence-corrected chi connectivity index (χ1v) is 9.30. The molecule has 0 bridgehead atoms. The minimum absolute atomic E-state index is 0.114. The summed E-state index contributed by atoms with van der Waals surface area (Å²) in [6.45, 7) is 1.62. The highest BCUT2D eigenvalue weighted by Gasteiger charge is 2.28. The number of nitrogens with zero attached hydrogens (tertiary/aromatic N) is 2. The van der Waals surface area contributed by atoms with Gasteiger partial charge in [-0.2, -0.15) is 0 Å². The molecule has 128 valence electrons. The third-order valence-electron chi connectivity index (χ3n) is 5.44. The van der Waals surface area contributed by atoms with Gasteiger partial charge in [0.15, 0.2) is 0 Å². The van der Waals surface area contributed by atoms with Crippen LogP contribution in [0.25, 0.3) is 11.0 Å². The summed E-state index contributed by atoms with van der Waals surface area (Å²) in [7, 11) is 0. The number of para-hydroxylation sites is 2. The maximum Gasteiger partial charge on any atom is 0.317 e. The number of carbonyl (C=O) groups is 1. The number of piperidine rings is 1. The predicted octanol–water partition coefficient (Wildman–Crippen LogP) is 3.78. The number of likely N-dealkylation sites (tertiary alicyclic amines) is 1. The number of benzene rings is 1. The lowest BCUT2D eigenvalue weighted by Crippen LogP contribution is -2.48. The van der Waals surface area contributed by atoms with Gasteiger partial charge >= 0.3 is 6.03 Å². The van der Waals surface area contributed by atoms with E-state index in [0.717, 1.165) is 55.6 Å². The summed E-state index contributed by atoms with van der Waals surface area (Å²) in [6.07, 6.45) is 8.19. The van der Waals surface area contributed by atoms with E-state index in [2.05, 4.69) is 16.4 Å². The SMILES string of the molecule is O=C(NC1CCCCC1)N1CCC[C@H](c2nc3ccccc3[nH]2)C1. The van der Waals surface area contributed by atoms with Gasteiger partial charge in [-0.1, -0.05) is 31.4 Å². The molecule has 2 fully saturated rings. The molecule has 1 aliphatic carbocycles. The van der Waals surface area contributed by atoms with E-state index in [4.69, 9.17) is 4.98 Å². The van der Waals surface area contributed by atoms with E-state index >= 15 is 0 Å². The Morgan fingerprint density at radius 2 is 1.96 bits per heavy atom. The Labute approximate surface area is 142 Å². The maximum absolute atomic E-state index is 12.6. The zero-order chi connectivity index (χ0) is 16.4. The normalized spacial score (nSPS) is 22.7. The van der Waals surface area contributed by atoms with Crippen LogP contribution in [0.5, 0.6) is 0 Å². The monoisotopic (exact) mass is 326 g/mol. The number of H-pyrrole nitrogens is 1. The fourth-order valence-corrected chi connectivity index (χ4v) is 4.06. The first kappa shape index (κ1) is 15.5. The number of fused-ring (bicyclic) bond motifs is 1. The Bertz CT molecular complexity index is 671. The van der Waals surface area contributed by atoms with Gasteiger partial charge in [0, 0.05) is 25.0 Å². The molecule has 1 saturated carbocycles. The third-order valence-corrected chi connectivity index (χ3v) is 5.44. The van der Waals surface area contributed by atoms with Crippen LogP contribution in [0, 0.1) is 0 Å². The van der Waals surface area contributed by atoms with Crippen molar-refractivity contribution in [3.63, 3.8) is 0 Å². The minimum Gasteiger partial charge on any atom is -0.342 e. The van der Waals surface area contributed by atoms with Gasteiger partial charge < -0.3 is 15.2 Å². The summed E-state index contributed by atoms with van der Waals surface area (Å²) in [5, 5.41) is 3.24. The predicted molar refractivity (Wildman–Crippen MR) is 95.0 cm³/mol. The summed E-state index contributed by atoms with van der Waals surface area (Å²) < 4.78 is 0. The van der Waals surface area contributed by atoms with Crippen molar-refractivity contribution in [1.29, 1.82) is 0 Å². The van der Waals surface area contributed by atoms with Crippen LogP contribution in [0.2, 0.25) is 0 Å². The lowest BCUT2D eigenvalue weighted by Gasteiger charge is -2.34. The zero-order valence-electron chi connectivity index (χ0n) is 14.1. The summed E-state index contributed by atoms with van der Waals surface area (Å²) in [4.78, 5) is 22.8. The van der Waals surface area contributed by atoms with Crippen molar-refractivity contribution < 1.29 is 4.79 Å². The van der Waals surface area contributed by atoms with Crippen molar-refractivity contribution in [2.45, 2.75) is 56.9 Å². The Kier molecular flexibility index (Phi) is 4.41. The first-order valence-electron chi connectivity index (χ1n) is 9.30. The molecule has 5 heteroatoms. The van der Waals surface area contributed by atoms with Gasteiger partial charge in [-0.25, -0.2) is 9.78 Å². The van der Waals surface area contributed by atoms with E-state index < -0.39 is 0 Å². The van der Waals surface area contributed by atoms with Gasteiger partial charge in [-0.05, 0) is 37.8 Å². The largest absolute Gasteiger partial charge is 0.342 e. The molecule has 2 aliphatic rings. The molecule has 2 aromatic rings. The number of rotatable bonds is 2. The topological polar surface area (TPSA) is 61.0 Å². The van der Waals surface area contributed by atoms with Crippen LogP contribution in [-0.2, 0) is 0 Å². The van der Waals surface area contributed by atoms with E-state index in [9.17, 15) is 4.79 Å². The van der Waals surface area contributed by atoms with Crippen molar-refractivity contribution in [3.05, 3.63) is 30.1 Å². The van der Waals surface area contributed by atoms with Gasteiger partial charge in [0.25, 0.3) is 0 Å². The van der Waals surface area contributed by atoms with E-state index in [0.29, 0.717) is 12.0 Å². The highest BCUT2D eigenvalue weighted by atomic mass is 16.2. The van der Waals surface area contributed by atoms with Crippen molar-refractivity contribution >= 4 is 17.1 Å². The lowest BCUT2D eigenvalue weighted by atomic mass is 9.95. The number of aromatic nitrogens is 2. The smallest absolute Gasteiger partial charge is 0.317 e. The molecule has 5 nitrogen and oxygen atoms in total. The molecule has 1 saturated heterocycles. The standard InChI is InChI=1S/C19H26N4O/c24-19(20-15-8-2-1-3-9-15)23-12-6-7-14(13-23)18-21-16-10-4-5-11-17(16)22-18/h4-5,10-11,14-15H,1-3,6-9,12-13H2,(H,20,24)(H,21,22)/t14-/m0/s1. The summed E-state index contributed by atoms with van der Waals surface area (Å²) in [5.41, 5.74) is 2.09. The van der Waals surface area contributed by atoms with Gasteiger partial charge in [-0.3, -0.25) is 0 Å². The van der Waals surface area contributed by atoms with Crippen LogP contribution >= 0.6 is 0 Å². The molecule has 0 spiro atoms. The van der Waals surface area contributed by atoms with Crippen LogP contribution in [0.15, 0.2) is 24.3 Å². The second-order valence-electron chi connectivity index (χ2n) is 7.21. The number of amides is 2. The molecule has 0 unspecified atom stereocenters. The molecule has 1 aliphatic heterocycles. The number of nitrogens with one attached hydrogen (secondary N) is 2. The Hall–Kier alpha value is -2.04. The summed E-state index contributed by atoms with van der Waals surface area (Å²) in [5.74, 6) is 1.33. The first-order chi connectivity index (χ1) is 11.8. The van der Waals surface area contributed by atoms with E-state index in [1.165, 1.54) is 19.3 Å². The van der Waals surface area contributed by atoms with E-state index in [1.807, 2.05) is 23.1 Å². The quantitative estimate of drug-likeness (QED) is 0.882. The molecule has 1 aromatic carbocycles. The van der Waals surface area contributed by atoms with Crippen LogP contribution in [-0.4, -0.2) is 40.0 Å². The van der Waals surface area contributed by atoms with Crippen LogP contribution in [0.4, 0.5) is 4.79 Å². The molecular weight excluding hydrogens is 300 g/mol. The highest BCUT2D eigenvalue weighted by Crippen LogP contribution is 2.27. The number of hydrogen-bond acceptors (Lipinski definition) is 2. The molecule has 2 amide bonds. The fraction of sp³-hybridized carbons (Fsp3) is 0.579. The van der Waals surface area contributed by atoms with Crippen molar-refractivity contribution in [2.75, 3.05) is 13.1 Å². The second-order valence-corrected chi connectivity index (χ2v) is 7.21. The summed E-state index contributed by atoms with van der Waals surface area (Å²) in [6, 6.07) is 8.61. The maximum atomic E-state index is 12.6. The van der Waals surface area contributed by atoms with Crippen molar-refractivity contribution in [2.24, 2.45) is 0 Å². The van der Waals surface area contributed by atoms with Crippen molar-refractivity contribution in [1.82, 2.24) is 20.2 Å². The average Bonchev–Trinajstić information content (AvgIpc) is 3.07. The van der Waals surface area contributed by atoms with E-state index in [-0.39, 0.29) is 6.03 Å². The minimum atomic E-state index is 0.114. The van der Waals surface area contributed by atoms with Crippen LogP contribution in [0.1, 0.15) is 56.7 Å². The van der Waals surface area contributed by atoms with Crippen LogP contribution in [0.3, 0.4) is 0 Å². The van der Waals surface area contributed by atoms with Crippen molar-refractivity contribution in [3.8, 4) is 0 Å². The van der Waals surface area contributed by atoms with Gasteiger partial charge in [0.2, 0.25) is 0 Å². The van der Waals surface area contributed by atoms with E-state index in [1.54, 1.807) is 0 Å². The molecule has 1 atom stereocenters. The highest BCUT2D eigenvalue weighted by molar-refractivity contribution is 5.76.